The highest BCUT2D eigenvalue weighted by atomic mass is 19.1. The quantitative estimate of drug-likeness (QED) is 0.561. The number of quaternary nitrogens is 1. The van der Waals surface area contributed by atoms with Crippen molar-refractivity contribution in [2.24, 2.45) is 0 Å². The molecule has 3 unspecified atom stereocenters. The molecule has 4 nitrogen and oxygen atoms in total. The zero-order chi connectivity index (χ0) is 20.6. The number of anilines is 1. The fourth-order valence-electron chi connectivity index (χ4n) is 4.94. The molecule has 5 heteroatoms. The average Bonchev–Trinajstić information content (AvgIpc) is 3.01. The minimum Gasteiger partial charge on any atom is -0.376 e. The van der Waals surface area contributed by atoms with Gasteiger partial charge in [-0.3, -0.25) is 4.79 Å². The molecule has 1 saturated heterocycles. The van der Waals surface area contributed by atoms with Crippen LogP contribution in [0.25, 0.3) is 0 Å². The molecule has 2 aromatic rings. The van der Waals surface area contributed by atoms with E-state index in [-0.39, 0.29) is 17.8 Å². The number of ether oxygens (including phenoxy) is 1. The van der Waals surface area contributed by atoms with Gasteiger partial charge in [0.05, 0.1) is 38.7 Å². The van der Waals surface area contributed by atoms with Crippen molar-refractivity contribution in [1.82, 2.24) is 0 Å². The molecule has 0 radical (unpaired) electrons. The standard InChI is InChI=1S/C24H30FN2O2/c1-4-29-14-13-27(3)12-11-23-21(16-27)20-15-17(2)5-10-22(20)26(23)24(28)18-6-8-19(25)9-7-18/h5-10,15,21,23H,4,11-14,16H2,1-3H3/q+1. The van der Waals surface area contributed by atoms with Crippen LogP contribution in [0.2, 0.25) is 0 Å². The SMILES string of the molecule is CCOCC[N+]1(C)CCC2C(C1)c1cc(C)ccc1N2C(=O)c1ccc(F)cc1. The van der Waals surface area contributed by atoms with Crippen LogP contribution in [0, 0.1) is 12.7 Å². The van der Waals surface area contributed by atoms with Crippen LogP contribution < -0.4 is 4.90 Å². The van der Waals surface area contributed by atoms with Gasteiger partial charge in [-0.15, -0.1) is 0 Å². The van der Waals surface area contributed by atoms with Crippen LogP contribution in [-0.2, 0) is 4.74 Å². The van der Waals surface area contributed by atoms with E-state index in [0.29, 0.717) is 11.5 Å². The van der Waals surface area contributed by atoms with E-state index in [2.05, 4.69) is 32.2 Å². The van der Waals surface area contributed by atoms with Gasteiger partial charge in [-0.05, 0) is 49.7 Å². The second kappa shape index (κ2) is 7.88. The van der Waals surface area contributed by atoms with E-state index < -0.39 is 0 Å². The summed E-state index contributed by atoms with van der Waals surface area (Å²) in [5.74, 6) is -0.0420. The van der Waals surface area contributed by atoms with Gasteiger partial charge in [-0.1, -0.05) is 17.7 Å². The number of fused-ring (bicyclic) bond motifs is 3. The lowest BCUT2D eigenvalue weighted by Gasteiger charge is -2.44. The lowest BCUT2D eigenvalue weighted by atomic mass is 9.87. The van der Waals surface area contributed by atoms with Crippen molar-refractivity contribution >= 4 is 11.6 Å². The summed E-state index contributed by atoms with van der Waals surface area (Å²) in [6.07, 6.45) is 0.952. The molecule has 4 rings (SSSR count). The van der Waals surface area contributed by atoms with Crippen molar-refractivity contribution in [3.63, 3.8) is 0 Å². The fraction of sp³-hybridized carbons (Fsp3) is 0.458. The molecule has 1 fully saturated rings. The number of hydrogen-bond acceptors (Lipinski definition) is 2. The minimum atomic E-state index is -0.322. The molecule has 154 valence electrons. The summed E-state index contributed by atoms with van der Waals surface area (Å²) in [4.78, 5) is 15.4. The topological polar surface area (TPSA) is 29.5 Å². The van der Waals surface area contributed by atoms with Crippen molar-refractivity contribution in [2.75, 3.05) is 44.8 Å². The van der Waals surface area contributed by atoms with Gasteiger partial charge in [-0.2, -0.15) is 0 Å². The predicted molar refractivity (Wildman–Crippen MR) is 113 cm³/mol. The Kier molecular flexibility index (Phi) is 5.45. The summed E-state index contributed by atoms with van der Waals surface area (Å²) >= 11 is 0. The Morgan fingerprint density at radius 3 is 2.72 bits per heavy atom. The third kappa shape index (κ3) is 3.81. The predicted octanol–water partition coefficient (Wildman–Crippen LogP) is 4.13. The van der Waals surface area contributed by atoms with E-state index in [0.717, 1.165) is 49.4 Å². The van der Waals surface area contributed by atoms with Crippen LogP contribution in [-0.4, -0.2) is 56.3 Å². The van der Waals surface area contributed by atoms with Gasteiger partial charge in [0.25, 0.3) is 5.91 Å². The number of carbonyl (C=O) groups is 1. The summed E-state index contributed by atoms with van der Waals surface area (Å²) < 4.78 is 19.9. The molecular weight excluding hydrogens is 367 g/mol. The maximum absolute atomic E-state index is 13.4. The summed E-state index contributed by atoms with van der Waals surface area (Å²) in [6, 6.07) is 12.4. The molecule has 0 saturated carbocycles. The first-order valence-corrected chi connectivity index (χ1v) is 10.5. The van der Waals surface area contributed by atoms with Crippen LogP contribution in [0.15, 0.2) is 42.5 Å². The highest BCUT2D eigenvalue weighted by Gasteiger charge is 2.48. The summed E-state index contributed by atoms with van der Waals surface area (Å²) in [5.41, 5.74) is 4.04. The average molecular weight is 398 g/mol. The van der Waals surface area contributed by atoms with Gasteiger partial charge >= 0.3 is 0 Å². The Morgan fingerprint density at radius 2 is 2.00 bits per heavy atom. The Hall–Kier alpha value is -2.24. The molecule has 2 aliphatic rings. The first-order valence-electron chi connectivity index (χ1n) is 10.5. The molecule has 0 spiro atoms. The number of rotatable bonds is 5. The van der Waals surface area contributed by atoms with Gasteiger partial charge < -0.3 is 14.1 Å². The van der Waals surface area contributed by atoms with E-state index in [9.17, 15) is 9.18 Å². The zero-order valence-electron chi connectivity index (χ0n) is 17.5. The number of carbonyl (C=O) groups excluding carboxylic acids is 1. The first kappa shape index (κ1) is 20.0. The van der Waals surface area contributed by atoms with E-state index in [1.807, 2.05) is 11.8 Å². The Bertz CT molecular complexity index is 898. The number of amides is 1. The number of aryl methyl sites for hydroxylation is 1. The van der Waals surface area contributed by atoms with E-state index in [4.69, 9.17) is 4.74 Å². The third-order valence-electron chi connectivity index (χ3n) is 6.53. The molecule has 0 N–H and O–H groups in total. The Morgan fingerprint density at radius 1 is 1.24 bits per heavy atom. The number of hydrogen-bond donors (Lipinski definition) is 0. The van der Waals surface area contributed by atoms with Gasteiger partial charge in [0.2, 0.25) is 0 Å². The van der Waals surface area contributed by atoms with E-state index in [1.54, 1.807) is 12.1 Å². The number of nitrogens with zero attached hydrogens (tertiary/aromatic N) is 2. The van der Waals surface area contributed by atoms with Crippen molar-refractivity contribution in [2.45, 2.75) is 32.2 Å². The van der Waals surface area contributed by atoms with Crippen molar-refractivity contribution in [3.8, 4) is 0 Å². The van der Waals surface area contributed by atoms with Crippen LogP contribution in [0.4, 0.5) is 10.1 Å². The summed E-state index contributed by atoms with van der Waals surface area (Å²) in [7, 11) is 2.30. The van der Waals surface area contributed by atoms with Crippen molar-refractivity contribution in [1.29, 1.82) is 0 Å². The summed E-state index contributed by atoms with van der Waals surface area (Å²) in [5, 5.41) is 0. The first-order chi connectivity index (χ1) is 13.9. The second-order valence-corrected chi connectivity index (χ2v) is 8.65. The number of likely N-dealkylation sites (N-methyl/N-ethyl adjacent to an activating group) is 1. The van der Waals surface area contributed by atoms with Crippen molar-refractivity contribution < 1.29 is 18.4 Å². The third-order valence-corrected chi connectivity index (χ3v) is 6.53. The molecule has 1 amide bonds. The van der Waals surface area contributed by atoms with Crippen LogP contribution >= 0.6 is 0 Å². The monoisotopic (exact) mass is 397 g/mol. The molecule has 3 atom stereocenters. The maximum atomic E-state index is 13.4. The molecule has 0 aromatic heterocycles. The molecule has 2 aromatic carbocycles. The number of benzene rings is 2. The number of piperidine rings is 1. The summed E-state index contributed by atoms with van der Waals surface area (Å²) in [6.45, 7) is 8.66. The molecular formula is C24H30FN2O2+. The fourth-order valence-corrected chi connectivity index (χ4v) is 4.94. The van der Waals surface area contributed by atoms with Gasteiger partial charge in [0.15, 0.2) is 0 Å². The second-order valence-electron chi connectivity index (χ2n) is 8.65. The number of halogens is 1. The van der Waals surface area contributed by atoms with E-state index in [1.165, 1.54) is 23.3 Å². The maximum Gasteiger partial charge on any atom is 0.258 e. The van der Waals surface area contributed by atoms with Crippen LogP contribution in [0.1, 0.15) is 40.7 Å². The molecule has 2 heterocycles. The van der Waals surface area contributed by atoms with Crippen molar-refractivity contribution in [3.05, 3.63) is 65.0 Å². The molecule has 0 bridgehead atoms. The highest BCUT2D eigenvalue weighted by molar-refractivity contribution is 6.08. The smallest absolute Gasteiger partial charge is 0.258 e. The Labute approximate surface area is 172 Å². The van der Waals surface area contributed by atoms with E-state index >= 15 is 0 Å². The van der Waals surface area contributed by atoms with Gasteiger partial charge in [0, 0.05) is 24.3 Å². The zero-order valence-corrected chi connectivity index (χ0v) is 17.5. The van der Waals surface area contributed by atoms with Crippen LogP contribution in [0.5, 0.6) is 0 Å². The highest BCUT2D eigenvalue weighted by Crippen LogP contribution is 2.46. The molecule has 29 heavy (non-hydrogen) atoms. The van der Waals surface area contributed by atoms with Crippen LogP contribution in [0.3, 0.4) is 0 Å². The number of likely N-dealkylation sites (tertiary alicyclic amines) is 1. The van der Waals surface area contributed by atoms with Gasteiger partial charge in [-0.25, -0.2) is 4.39 Å². The minimum absolute atomic E-state index is 0.0342. The lowest BCUT2D eigenvalue weighted by molar-refractivity contribution is -0.915. The normalized spacial score (nSPS) is 25.6. The molecule has 2 aliphatic heterocycles. The largest absolute Gasteiger partial charge is 0.376 e. The van der Waals surface area contributed by atoms with Gasteiger partial charge in [0.1, 0.15) is 12.4 Å². The Balaban J connectivity index is 1.66. The molecule has 0 aliphatic carbocycles. The lowest BCUT2D eigenvalue weighted by Crippen LogP contribution is -2.57.